The summed E-state index contributed by atoms with van der Waals surface area (Å²) in [5.41, 5.74) is 0.797. The minimum Gasteiger partial charge on any atom is -0.310 e. The summed E-state index contributed by atoms with van der Waals surface area (Å²) < 4.78 is 13.7. The van der Waals surface area contributed by atoms with E-state index in [1.54, 1.807) is 12.1 Å². The molecule has 3 heteroatoms. The maximum absolute atomic E-state index is 13.7. The fourth-order valence-corrected chi connectivity index (χ4v) is 3.93. The van der Waals surface area contributed by atoms with Gasteiger partial charge in [0.15, 0.2) is 0 Å². The van der Waals surface area contributed by atoms with Gasteiger partial charge < -0.3 is 10.2 Å². The molecule has 1 N–H and O–H groups in total. The van der Waals surface area contributed by atoms with Gasteiger partial charge in [0.2, 0.25) is 0 Å². The molecular weight excluding hydrogens is 251 g/mol. The maximum atomic E-state index is 13.7. The number of hydrogen-bond acceptors (Lipinski definition) is 2. The largest absolute Gasteiger partial charge is 0.310 e. The number of nitrogens with zero attached hydrogens (tertiary/aromatic N) is 1. The quantitative estimate of drug-likeness (QED) is 0.908. The lowest BCUT2D eigenvalue weighted by molar-refractivity contribution is 0.285. The summed E-state index contributed by atoms with van der Waals surface area (Å²) >= 11 is 0. The highest BCUT2D eigenvalue weighted by Crippen LogP contribution is 2.33. The zero-order valence-corrected chi connectivity index (χ0v) is 12.3. The first-order valence-electron chi connectivity index (χ1n) is 7.90. The third-order valence-corrected chi connectivity index (χ3v) is 4.88. The van der Waals surface area contributed by atoms with E-state index in [4.69, 9.17) is 0 Å². The molecule has 1 saturated heterocycles. The number of rotatable bonds is 4. The van der Waals surface area contributed by atoms with Gasteiger partial charge in [-0.25, -0.2) is 4.39 Å². The molecular formula is C17H25FN2. The van der Waals surface area contributed by atoms with Crippen LogP contribution in [-0.2, 0) is 6.54 Å². The topological polar surface area (TPSA) is 15.3 Å². The van der Waals surface area contributed by atoms with E-state index in [2.05, 4.69) is 17.3 Å². The molecule has 20 heavy (non-hydrogen) atoms. The van der Waals surface area contributed by atoms with Gasteiger partial charge in [-0.3, -0.25) is 0 Å². The second-order valence-electron chi connectivity index (χ2n) is 6.54. The Bertz CT molecular complexity index is 434. The fraction of sp³-hybridized carbons (Fsp3) is 0.647. The second-order valence-corrected chi connectivity index (χ2v) is 6.54. The van der Waals surface area contributed by atoms with Gasteiger partial charge in [0.25, 0.3) is 0 Å². The predicted molar refractivity (Wildman–Crippen MR) is 80.0 cm³/mol. The van der Waals surface area contributed by atoms with Crippen LogP contribution in [0.5, 0.6) is 0 Å². The van der Waals surface area contributed by atoms with Crippen molar-refractivity contribution < 1.29 is 4.39 Å². The van der Waals surface area contributed by atoms with Crippen molar-refractivity contribution >= 4 is 0 Å². The van der Waals surface area contributed by atoms with E-state index in [1.165, 1.54) is 32.1 Å². The highest BCUT2D eigenvalue weighted by Gasteiger charge is 2.35. The number of fused-ring (bicyclic) bond motifs is 1. The number of hydrogen-bond donors (Lipinski definition) is 1. The Kier molecular flexibility index (Phi) is 4.37. The third kappa shape index (κ3) is 3.21. The number of benzene rings is 1. The molecule has 1 saturated carbocycles. The van der Waals surface area contributed by atoms with Gasteiger partial charge in [0.1, 0.15) is 5.82 Å². The van der Waals surface area contributed by atoms with E-state index in [1.807, 2.05) is 12.1 Å². The van der Waals surface area contributed by atoms with Crippen LogP contribution in [0, 0.1) is 11.7 Å². The minimum absolute atomic E-state index is 0.0904. The zero-order chi connectivity index (χ0) is 13.9. The lowest BCUT2D eigenvalue weighted by atomic mass is 9.85. The summed E-state index contributed by atoms with van der Waals surface area (Å²) in [6.07, 6.45) is 6.82. The SMILES string of the molecule is CN(Cc1ccccc1F)CC1CC2CCCCC2N1. The Morgan fingerprint density at radius 3 is 2.85 bits per heavy atom. The molecule has 3 unspecified atom stereocenters. The first-order valence-corrected chi connectivity index (χ1v) is 7.90. The van der Waals surface area contributed by atoms with Crippen LogP contribution in [0.2, 0.25) is 0 Å². The van der Waals surface area contributed by atoms with E-state index in [-0.39, 0.29) is 5.82 Å². The molecule has 3 rings (SSSR count). The van der Waals surface area contributed by atoms with E-state index in [9.17, 15) is 4.39 Å². The second kappa shape index (κ2) is 6.23. The molecule has 1 aromatic carbocycles. The van der Waals surface area contributed by atoms with Crippen LogP contribution in [0.15, 0.2) is 24.3 Å². The van der Waals surface area contributed by atoms with Crippen molar-refractivity contribution in [1.29, 1.82) is 0 Å². The zero-order valence-electron chi connectivity index (χ0n) is 12.3. The summed E-state index contributed by atoms with van der Waals surface area (Å²) in [6.45, 7) is 1.71. The van der Waals surface area contributed by atoms with Gasteiger partial charge in [-0.2, -0.15) is 0 Å². The van der Waals surface area contributed by atoms with Crippen molar-refractivity contribution in [3.8, 4) is 0 Å². The van der Waals surface area contributed by atoms with E-state index in [0.717, 1.165) is 24.1 Å². The predicted octanol–water partition coefficient (Wildman–Crippen LogP) is 3.18. The Hall–Kier alpha value is -0.930. The lowest BCUT2D eigenvalue weighted by Crippen LogP contribution is -2.39. The van der Waals surface area contributed by atoms with Crippen molar-refractivity contribution in [3.63, 3.8) is 0 Å². The van der Waals surface area contributed by atoms with Gasteiger partial charge in [-0.05, 0) is 38.3 Å². The molecule has 0 radical (unpaired) electrons. The highest BCUT2D eigenvalue weighted by molar-refractivity contribution is 5.17. The first-order chi connectivity index (χ1) is 9.72. The Morgan fingerprint density at radius 2 is 2.05 bits per heavy atom. The molecule has 2 fully saturated rings. The van der Waals surface area contributed by atoms with Crippen molar-refractivity contribution in [1.82, 2.24) is 10.2 Å². The molecule has 110 valence electrons. The van der Waals surface area contributed by atoms with Gasteiger partial charge >= 0.3 is 0 Å². The molecule has 1 aliphatic carbocycles. The summed E-state index contributed by atoms with van der Waals surface area (Å²) in [5, 5.41) is 3.79. The van der Waals surface area contributed by atoms with Crippen LogP contribution in [0.4, 0.5) is 4.39 Å². The van der Waals surface area contributed by atoms with E-state index in [0.29, 0.717) is 12.6 Å². The molecule has 2 aliphatic rings. The van der Waals surface area contributed by atoms with Crippen molar-refractivity contribution in [3.05, 3.63) is 35.6 Å². The Morgan fingerprint density at radius 1 is 1.25 bits per heavy atom. The van der Waals surface area contributed by atoms with Gasteiger partial charge in [-0.1, -0.05) is 31.0 Å². The van der Waals surface area contributed by atoms with Crippen LogP contribution in [0.1, 0.15) is 37.7 Å². The highest BCUT2D eigenvalue weighted by atomic mass is 19.1. The summed E-state index contributed by atoms with van der Waals surface area (Å²) in [7, 11) is 2.09. The number of nitrogens with one attached hydrogen (secondary N) is 1. The minimum atomic E-state index is -0.0904. The summed E-state index contributed by atoms with van der Waals surface area (Å²) in [6, 6.07) is 8.42. The first kappa shape index (κ1) is 14.0. The van der Waals surface area contributed by atoms with Crippen molar-refractivity contribution in [2.45, 2.75) is 50.7 Å². The molecule has 1 aromatic rings. The molecule has 0 amide bonds. The van der Waals surface area contributed by atoms with Crippen molar-refractivity contribution in [2.24, 2.45) is 5.92 Å². The molecule has 3 atom stereocenters. The summed E-state index contributed by atoms with van der Waals surface area (Å²) in [4.78, 5) is 2.24. The molecule has 0 spiro atoms. The van der Waals surface area contributed by atoms with Crippen LogP contribution >= 0.6 is 0 Å². The van der Waals surface area contributed by atoms with Crippen LogP contribution in [-0.4, -0.2) is 30.6 Å². The Balaban J connectivity index is 1.52. The average molecular weight is 276 g/mol. The van der Waals surface area contributed by atoms with E-state index < -0.39 is 0 Å². The standard InChI is InChI=1S/C17H25FN2/c1-20(11-14-7-2-4-8-16(14)18)12-15-10-13-6-3-5-9-17(13)19-15/h2,4,7-8,13,15,17,19H,3,5-6,9-12H2,1H3. The smallest absolute Gasteiger partial charge is 0.127 e. The van der Waals surface area contributed by atoms with E-state index >= 15 is 0 Å². The normalized spacial score (nSPS) is 29.6. The third-order valence-electron chi connectivity index (χ3n) is 4.88. The maximum Gasteiger partial charge on any atom is 0.127 e. The monoisotopic (exact) mass is 276 g/mol. The fourth-order valence-electron chi connectivity index (χ4n) is 3.93. The van der Waals surface area contributed by atoms with Gasteiger partial charge in [0.05, 0.1) is 0 Å². The number of likely N-dealkylation sites (N-methyl/N-ethyl adjacent to an activating group) is 1. The van der Waals surface area contributed by atoms with Gasteiger partial charge in [-0.15, -0.1) is 0 Å². The lowest BCUT2D eigenvalue weighted by Gasteiger charge is -2.24. The molecule has 0 bridgehead atoms. The molecule has 1 aliphatic heterocycles. The molecule has 1 heterocycles. The van der Waals surface area contributed by atoms with Gasteiger partial charge in [0, 0.05) is 30.7 Å². The molecule has 0 aromatic heterocycles. The van der Waals surface area contributed by atoms with Crippen LogP contribution in [0.3, 0.4) is 0 Å². The molecule has 2 nitrogen and oxygen atoms in total. The Labute approximate surface area is 121 Å². The summed E-state index contributed by atoms with van der Waals surface area (Å²) in [5.74, 6) is 0.794. The van der Waals surface area contributed by atoms with Crippen LogP contribution in [0.25, 0.3) is 0 Å². The average Bonchev–Trinajstić information content (AvgIpc) is 2.83. The van der Waals surface area contributed by atoms with Crippen molar-refractivity contribution in [2.75, 3.05) is 13.6 Å². The van der Waals surface area contributed by atoms with Crippen LogP contribution < -0.4 is 5.32 Å². The number of halogens is 1.